The number of esters is 2. The molecule has 6 nitrogen and oxygen atoms in total. The zero-order chi connectivity index (χ0) is 41.6. The Morgan fingerprint density at radius 1 is 0.810 bits per heavy atom. The summed E-state index contributed by atoms with van der Waals surface area (Å²) < 4.78 is 11.5. The Bertz CT molecular complexity index is 2340. The number of carbonyl (C=O) groups is 2. The van der Waals surface area contributed by atoms with Crippen LogP contribution in [0.15, 0.2) is 114 Å². The van der Waals surface area contributed by atoms with Crippen molar-refractivity contribution in [3.8, 4) is 0 Å². The monoisotopic (exact) mass is 776 g/mol. The van der Waals surface area contributed by atoms with Crippen LogP contribution in [0.4, 0.5) is 0 Å². The number of hydrogen-bond donors (Lipinski definition) is 0. The number of benzene rings is 4. The van der Waals surface area contributed by atoms with E-state index in [2.05, 4.69) is 125 Å². The van der Waals surface area contributed by atoms with Crippen LogP contribution < -0.4 is 0 Å². The van der Waals surface area contributed by atoms with Gasteiger partial charge in [0.25, 0.3) is 0 Å². The Balaban J connectivity index is 1.46. The molecular formula is C52H60N2O4. The number of nitrogens with zero attached hydrogens (tertiary/aromatic N) is 2. The molecule has 0 amide bonds. The van der Waals surface area contributed by atoms with Crippen molar-refractivity contribution in [3.63, 3.8) is 0 Å². The van der Waals surface area contributed by atoms with Crippen molar-refractivity contribution in [2.24, 2.45) is 27.7 Å². The van der Waals surface area contributed by atoms with Crippen molar-refractivity contribution in [2.75, 3.05) is 13.2 Å². The van der Waals surface area contributed by atoms with E-state index in [1.54, 1.807) is 0 Å². The van der Waals surface area contributed by atoms with Gasteiger partial charge < -0.3 is 9.47 Å². The Morgan fingerprint density at radius 2 is 1.45 bits per heavy atom. The third kappa shape index (κ3) is 8.87. The maximum atomic E-state index is 14.2. The molecule has 2 aliphatic rings. The van der Waals surface area contributed by atoms with Gasteiger partial charge in [-0.1, -0.05) is 108 Å². The fourth-order valence-corrected chi connectivity index (χ4v) is 9.30. The molecule has 0 aromatic heterocycles. The molecule has 0 saturated heterocycles. The van der Waals surface area contributed by atoms with E-state index < -0.39 is 11.3 Å². The number of hydrogen-bond acceptors (Lipinski definition) is 6. The van der Waals surface area contributed by atoms with Crippen LogP contribution in [0, 0.1) is 17.8 Å². The van der Waals surface area contributed by atoms with E-state index in [9.17, 15) is 9.59 Å². The minimum atomic E-state index is -0.523. The van der Waals surface area contributed by atoms with Gasteiger partial charge in [-0.25, -0.2) is 0 Å². The summed E-state index contributed by atoms with van der Waals surface area (Å²) in [5, 5.41) is 4.46. The summed E-state index contributed by atoms with van der Waals surface area (Å²) in [5.41, 5.74) is 8.24. The van der Waals surface area contributed by atoms with Crippen LogP contribution in [0.2, 0.25) is 0 Å². The average molecular weight is 777 g/mol. The summed E-state index contributed by atoms with van der Waals surface area (Å²) in [6.07, 6.45) is 12.6. The van der Waals surface area contributed by atoms with Gasteiger partial charge in [-0.05, 0) is 127 Å². The molecule has 0 bridgehead atoms. The molecule has 0 spiro atoms. The smallest absolute Gasteiger partial charge is 0.309 e. The topological polar surface area (TPSA) is 77.3 Å². The quantitative estimate of drug-likeness (QED) is 0.127. The molecule has 0 saturated carbocycles. The molecule has 0 fully saturated rings. The first kappa shape index (κ1) is 42.3. The lowest BCUT2D eigenvalue weighted by atomic mass is 9.61. The van der Waals surface area contributed by atoms with Gasteiger partial charge in [-0.2, -0.15) is 0 Å². The molecule has 5 unspecified atom stereocenters. The van der Waals surface area contributed by atoms with Gasteiger partial charge in [-0.3, -0.25) is 19.6 Å². The maximum Gasteiger partial charge on any atom is 0.309 e. The van der Waals surface area contributed by atoms with Gasteiger partial charge in [0.05, 0.1) is 36.4 Å². The average Bonchev–Trinajstić information content (AvgIpc) is 3.24. The van der Waals surface area contributed by atoms with Gasteiger partial charge in [0, 0.05) is 33.9 Å². The van der Waals surface area contributed by atoms with Crippen LogP contribution in [0.3, 0.4) is 0 Å². The van der Waals surface area contributed by atoms with Gasteiger partial charge in [0.2, 0.25) is 0 Å². The standard InChI is InChI=1S/C52H60N2O4/c1-10-43-26-23-33(4)49-46(38(9)54-43)29-41-20-15-16-22-44(41)47(49)30-42(51(56)58-12-3)21-17-27-52(32-34(5)50(55)57-11-2)35(6)24-25-36(7)53-37(8)45-28-39-18-13-14-19-40(39)31-48(45)52/h13-16,18-20,22-26,28-29,31,33-35,42H,8-12,17,21,27,30,32H2,1-7H3/b25-24-,26-23-,53-36?,54-43?. The minimum absolute atomic E-state index is 0.00590. The molecule has 5 atom stereocenters. The highest BCUT2D eigenvalue weighted by molar-refractivity contribution is 6.01. The molecule has 0 N–H and O–H groups in total. The van der Waals surface area contributed by atoms with Crippen LogP contribution in [0.25, 0.3) is 32.9 Å². The number of fused-ring (bicyclic) bond motifs is 4. The summed E-state index contributed by atoms with van der Waals surface area (Å²) in [6, 6.07) is 23.5. The van der Waals surface area contributed by atoms with E-state index in [0.29, 0.717) is 44.6 Å². The molecule has 2 heterocycles. The molecule has 4 aromatic carbocycles. The second-order valence-electron chi connectivity index (χ2n) is 16.2. The van der Waals surface area contributed by atoms with Gasteiger partial charge in [-0.15, -0.1) is 0 Å². The lowest BCUT2D eigenvalue weighted by molar-refractivity contribution is -0.148. The van der Waals surface area contributed by atoms with Crippen LogP contribution in [-0.2, 0) is 30.9 Å². The zero-order valence-electron chi connectivity index (χ0n) is 35.6. The lowest BCUT2D eigenvalue weighted by Gasteiger charge is -2.42. The number of ether oxygens (including phenoxy) is 2. The first-order chi connectivity index (χ1) is 27.9. The Labute approximate surface area is 345 Å². The summed E-state index contributed by atoms with van der Waals surface area (Å²) in [5.74, 6) is -1.09. The molecule has 4 aromatic rings. The van der Waals surface area contributed by atoms with Gasteiger partial charge in [0.15, 0.2) is 0 Å². The predicted molar refractivity (Wildman–Crippen MR) is 242 cm³/mol. The van der Waals surface area contributed by atoms with Crippen molar-refractivity contribution >= 4 is 56.3 Å². The second kappa shape index (κ2) is 18.5. The van der Waals surface area contributed by atoms with E-state index in [1.807, 2.05) is 27.7 Å². The Kier molecular flexibility index (Phi) is 13.5. The molecule has 0 aliphatic carbocycles. The van der Waals surface area contributed by atoms with Crippen molar-refractivity contribution in [1.29, 1.82) is 0 Å². The summed E-state index contributed by atoms with van der Waals surface area (Å²) in [6.45, 7) is 23.9. The third-order valence-corrected chi connectivity index (χ3v) is 12.3. The number of allylic oxidation sites excluding steroid dienone is 4. The molecule has 58 heavy (non-hydrogen) atoms. The highest BCUT2D eigenvalue weighted by Gasteiger charge is 2.42. The SMILES string of the molecule is C=C1N=C(C)/C=C\C(C)C(CCCC(Cc2c3c(cc4ccccc24)C(=C)N=C(CC)/C=C\C3C)C(=O)OCC)(CC(C)C(=O)OCC)c2cc3ccccc3cc21. The van der Waals surface area contributed by atoms with Crippen LogP contribution in [-0.4, -0.2) is 36.6 Å². The minimum Gasteiger partial charge on any atom is -0.466 e. The number of aliphatic imine (C=N–C) groups is 2. The van der Waals surface area contributed by atoms with E-state index in [1.165, 1.54) is 0 Å². The highest BCUT2D eigenvalue weighted by atomic mass is 16.5. The molecule has 0 radical (unpaired) electrons. The fourth-order valence-electron chi connectivity index (χ4n) is 9.30. The molecule has 2 aliphatic heterocycles. The number of carbonyl (C=O) groups excluding carboxylic acids is 2. The van der Waals surface area contributed by atoms with Crippen molar-refractivity contribution in [1.82, 2.24) is 0 Å². The van der Waals surface area contributed by atoms with E-state index in [4.69, 9.17) is 19.5 Å². The third-order valence-electron chi connectivity index (χ3n) is 12.3. The fraction of sp³-hybridized carbons (Fsp3) is 0.385. The molecule has 6 rings (SSSR count). The summed E-state index contributed by atoms with van der Waals surface area (Å²) >= 11 is 0. The molecular weight excluding hydrogens is 717 g/mol. The molecule has 6 heteroatoms. The first-order valence-corrected chi connectivity index (χ1v) is 21.2. The maximum absolute atomic E-state index is 14.2. The Morgan fingerprint density at radius 3 is 2.16 bits per heavy atom. The van der Waals surface area contributed by atoms with E-state index >= 15 is 0 Å². The van der Waals surface area contributed by atoms with Crippen LogP contribution >= 0.6 is 0 Å². The van der Waals surface area contributed by atoms with Gasteiger partial charge >= 0.3 is 11.9 Å². The summed E-state index contributed by atoms with van der Waals surface area (Å²) in [7, 11) is 0. The van der Waals surface area contributed by atoms with E-state index in [-0.39, 0.29) is 29.7 Å². The highest BCUT2D eigenvalue weighted by Crippen LogP contribution is 2.49. The Hall–Kier alpha value is -5.36. The zero-order valence-corrected chi connectivity index (χ0v) is 35.6. The lowest BCUT2D eigenvalue weighted by Crippen LogP contribution is -2.38. The summed E-state index contributed by atoms with van der Waals surface area (Å²) in [4.78, 5) is 37.5. The van der Waals surface area contributed by atoms with Crippen molar-refractivity contribution < 1.29 is 19.1 Å². The van der Waals surface area contributed by atoms with Crippen LogP contribution in [0.1, 0.15) is 114 Å². The first-order valence-electron chi connectivity index (χ1n) is 21.2. The second-order valence-corrected chi connectivity index (χ2v) is 16.2. The normalized spacial score (nSPS) is 21.5. The van der Waals surface area contributed by atoms with Gasteiger partial charge in [0.1, 0.15) is 0 Å². The van der Waals surface area contributed by atoms with Crippen LogP contribution in [0.5, 0.6) is 0 Å². The van der Waals surface area contributed by atoms with Crippen molar-refractivity contribution in [2.45, 2.75) is 98.3 Å². The van der Waals surface area contributed by atoms with E-state index in [0.717, 1.165) is 79.3 Å². The number of rotatable bonds is 13. The van der Waals surface area contributed by atoms with Crippen molar-refractivity contribution in [3.05, 3.63) is 132 Å². The predicted octanol–water partition coefficient (Wildman–Crippen LogP) is 12.5. The largest absolute Gasteiger partial charge is 0.466 e. The molecule has 302 valence electrons.